The van der Waals surface area contributed by atoms with Crippen LogP contribution in [0.2, 0.25) is 0 Å². The lowest BCUT2D eigenvalue weighted by atomic mass is 9.62. The Morgan fingerprint density at radius 1 is 1.33 bits per heavy atom. The van der Waals surface area contributed by atoms with Crippen molar-refractivity contribution in [3.63, 3.8) is 0 Å². The zero-order valence-electron chi connectivity index (χ0n) is 12.9. The number of rotatable bonds is 5. The van der Waals surface area contributed by atoms with E-state index in [9.17, 15) is 0 Å². The van der Waals surface area contributed by atoms with E-state index in [-0.39, 0.29) is 0 Å². The summed E-state index contributed by atoms with van der Waals surface area (Å²) in [7, 11) is 1.63. The summed E-state index contributed by atoms with van der Waals surface area (Å²) in [5, 5.41) is 0. The lowest BCUT2D eigenvalue weighted by Crippen LogP contribution is -2.56. The van der Waals surface area contributed by atoms with Crippen molar-refractivity contribution in [3.8, 4) is 5.88 Å². The molecule has 21 heavy (non-hydrogen) atoms. The first-order chi connectivity index (χ1) is 10.3. The summed E-state index contributed by atoms with van der Waals surface area (Å²) in [4.78, 5) is 11.3. The van der Waals surface area contributed by atoms with Crippen LogP contribution in [0, 0.1) is 5.41 Å². The van der Waals surface area contributed by atoms with Crippen molar-refractivity contribution < 1.29 is 4.74 Å². The molecule has 5 heteroatoms. The SMILES string of the molecule is COc1cncc(CN2CCCCC2C2(CN)CCC2)n1. The van der Waals surface area contributed by atoms with Gasteiger partial charge in [-0.05, 0) is 44.2 Å². The molecule has 1 aliphatic carbocycles. The third-order valence-corrected chi connectivity index (χ3v) is 5.31. The maximum absolute atomic E-state index is 6.13. The fourth-order valence-electron chi connectivity index (χ4n) is 3.95. The highest BCUT2D eigenvalue weighted by Crippen LogP contribution is 2.47. The van der Waals surface area contributed by atoms with Crippen LogP contribution in [0.4, 0.5) is 0 Å². The fourth-order valence-corrected chi connectivity index (χ4v) is 3.95. The Morgan fingerprint density at radius 3 is 2.86 bits per heavy atom. The second kappa shape index (κ2) is 6.28. The van der Waals surface area contributed by atoms with E-state index in [1.54, 1.807) is 13.3 Å². The van der Waals surface area contributed by atoms with Gasteiger partial charge in [-0.3, -0.25) is 9.88 Å². The predicted octanol–water partition coefficient (Wildman–Crippen LogP) is 1.97. The molecule has 0 radical (unpaired) electrons. The summed E-state index contributed by atoms with van der Waals surface area (Å²) in [6.45, 7) is 2.82. The van der Waals surface area contributed by atoms with Crippen LogP contribution >= 0.6 is 0 Å². The van der Waals surface area contributed by atoms with Crippen LogP contribution in [0.1, 0.15) is 44.2 Å². The average Bonchev–Trinajstić information content (AvgIpc) is 2.49. The highest BCUT2D eigenvalue weighted by molar-refractivity contribution is 5.09. The van der Waals surface area contributed by atoms with Crippen LogP contribution in [0.3, 0.4) is 0 Å². The van der Waals surface area contributed by atoms with Crippen LogP contribution in [-0.2, 0) is 6.54 Å². The van der Waals surface area contributed by atoms with Gasteiger partial charge in [-0.2, -0.15) is 0 Å². The Morgan fingerprint density at radius 2 is 2.19 bits per heavy atom. The predicted molar refractivity (Wildman–Crippen MR) is 82.0 cm³/mol. The monoisotopic (exact) mass is 290 g/mol. The van der Waals surface area contributed by atoms with Gasteiger partial charge < -0.3 is 10.5 Å². The van der Waals surface area contributed by atoms with Crippen molar-refractivity contribution >= 4 is 0 Å². The maximum Gasteiger partial charge on any atom is 0.232 e. The second-order valence-electron chi connectivity index (χ2n) is 6.45. The number of hydrogen-bond acceptors (Lipinski definition) is 5. The van der Waals surface area contributed by atoms with Gasteiger partial charge in [-0.25, -0.2) is 4.98 Å². The standard InChI is InChI=1S/C16H26N4O/c1-21-15-10-18-9-13(19-15)11-20-8-3-2-5-14(20)16(12-17)6-4-7-16/h9-10,14H,2-8,11-12,17H2,1H3. The first-order valence-electron chi connectivity index (χ1n) is 8.06. The van der Waals surface area contributed by atoms with Gasteiger partial charge in [0.1, 0.15) is 0 Å². The highest BCUT2D eigenvalue weighted by Gasteiger charge is 2.45. The molecule has 116 valence electrons. The molecule has 0 spiro atoms. The van der Waals surface area contributed by atoms with Crippen LogP contribution < -0.4 is 10.5 Å². The molecule has 2 aliphatic rings. The second-order valence-corrected chi connectivity index (χ2v) is 6.45. The number of hydrogen-bond donors (Lipinski definition) is 1. The third kappa shape index (κ3) is 2.90. The van der Waals surface area contributed by atoms with Gasteiger partial charge in [0.15, 0.2) is 0 Å². The minimum Gasteiger partial charge on any atom is -0.480 e. The molecule has 5 nitrogen and oxygen atoms in total. The number of nitrogens with zero attached hydrogens (tertiary/aromatic N) is 3. The molecule has 1 atom stereocenters. The van der Waals surface area contributed by atoms with Gasteiger partial charge in [-0.1, -0.05) is 12.8 Å². The fraction of sp³-hybridized carbons (Fsp3) is 0.750. The minimum absolute atomic E-state index is 0.354. The molecule has 1 saturated carbocycles. The van der Waals surface area contributed by atoms with Gasteiger partial charge in [0.05, 0.1) is 19.0 Å². The largest absolute Gasteiger partial charge is 0.480 e. The molecule has 2 N–H and O–H groups in total. The Bertz CT molecular complexity index is 470. The summed E-state index contributed by atoms with van der Waals surface area (Å²) in [5.41, 5.74) is 7.47. The minimum atomic E-state index is 0.354. The maximum atomic E-state index is 6.13. The number of likely N-dealkylation sites (tertiary alicyclic amines) is 1. The lowest BCUT2D eigenvalue weighted by Gasteiger charge is -2.53. The third-order valence-electron chi connectivity index (χ3n) is 5.31. The zero-order valence-corrected chi connectivity index (χ0v) is 12.9. The molecule has 2 fully saturated rings. The first kappa shape index (κ1) is 14.7. The summed E-state index contributed by atoms with van der Waals surface area (Å²) < 4.78 is 5.18. The number of nitrogens with two attached hydrogens (primary N) is 1. The summed E-state index contributed by atoms with van der Waals surface area (Å²) >= 11 is 0. The van der Waals surface area contributed by atoms with Crippen molar-refractivity contribution in [1.29, 1.82) is 0 Å². The zero-order chi connectivity index (χ0) is 14.7. The van der Waals surface area contributed by atoms with E-state index >= 15 is 0 Å². The highest BCUT2D eigenvalue weighted by atomic mass is 16.5. The van der Waals surface area contributed by atoms with Gasteiger partial charge in [0.2, 0.25) is 5.88 Å². The van der Waals surface area contributed by atoms with E-state index in [1.165, 1.54) is 38.5 Å². The summed E-state index contributed by atoms with van der Waals surface area (Å²) in [6, 6.07) is 0.609. The first-order valence-corrected chi connectivity index (χ1v) is 8.06. The molecule has 1 aliphatic heterocycles. The van der Waals surface area contributed by atoms with E-state index in [0.717, 1.165) is 25.3 Å². The number of piperidine rings is 1. The Kier molecular flexibility index (Phi) is 4.40. The molecule has 0 amide bonds. The van der Waals surface area contributed by atoms with Crippen molar-refractivity contribution in [1.82, 2.24) is 14.9 Å². The van der Waals surface area contributed by atoms with E-state index in [0.29, 0.717) is 17.3 Å². The van der Waals surface area contributed by atoms with Crippen LogP contribution in [0.25, 0.3) is 0 Å². The van der Waals surface area contributed by atoms with Gasteiger partial charge >= 0.3 is 0 Å². The van der Waals surface area contributed by atoms with E-state index in [1.807, 2.05) is 6.20 Å². The Labute approximate surface area is 126 Å². The van der Waals surface area contributed by atoms with E-state index in [4.69, 9.17) is 10.5 Å². The smallest absolute Gasteiger partial charge is 0.232 e. The van der Waals surface area contributed by atoms with Crippen molar-refractivity contribution in [2.45, 2.75) is 51.1 Å². The molecule has 1 aromatic rings. The van der Waals surface area contributed by atoms with E-state index in [2.05, 4.69) is 14.9 Å². The number of methoxy groups -OCH3 is 1. The van der Waals surface area contributed by atoms with Crippen molar-refractivity contribution in [2.24, 2.45) is 11.1 Å². The Hall–Kier alpha value is -1.20. The van der Waals surface area contributed by atoms with E-state index < -0.39 is 0 Å². The average molecular weight is 290 g/mol. The molecule has 1 aromatic heterocycles. The van der Waals surface area contributed by atoms with Gasteiger partial charge in [0, 0.05) is 18.8 Å². The quantitative estimate of drug-likeness (QED) is 0.898. The topological polar surface area (TPSA) is 64.3 Å². The van der Waals surface area contributed by atoms with Crippen LogP contribution in [0.15, 0.2) is 12.4 Å². The van der Waals surface area contributed by atoms with Gasteiger partial charge in [0.25, 0.3) is 0 Å². The number of ether oxygens (including phenoxy) is 1. The van der Waals surface area contributed by atoms with Crippen molar-refractivity contribution in [2.75, 3.05) is 20.2 Å². The molecule has 0 aromatic carbocycles. The normalized spacial score (nSPS) is 25.3. The molecule has 1 unspecified atom stereocenters. The van der Waals surface area contributed by atoms with Crippen LogP contribution in [-0.4, -0.2) is 41.1 Å². The Balaban J connectivity index is 1.75. The molecular weight excluding hydrogens is 264 g/mol. The molecule has 1 saturated heterocycles. The number of aromatic nitrogens is 2. The molecule has 0 bridgehead atoms. The summed E-state index contributed by atoms with van der Waals surface area (Å²) in [6.07, 6.45) is 11.3. The lowest BCUT2D eigenvalue weighted by molar-refractivity contribution is -0.0212. The summed E-state index contributed by atoms with van der Waals surface area (Å²) in [5.74, 6) is 0.596. The molecule has 3 rings (SSSR count). The molecular formula is C16H26N4O. The van der Waals surface area contributed by atoms with Gasteiger partial charge in [-0.15, -0.1) is 0 Å². The van der Waals surface area contributed by atoms with Crippen molar-refractivity contribution in [3.05, 3.63) is 18.1 Å². The van der Waals surface area contributed by atoms with Crippen LogP contribution in [0.5, 0.6) is 5.88 Å². The molecule has 2 heterocycles.